The van der Waals surface area contributed by atoms with Crippen molar-refractivity contribution < 1.29 is 4.79 Å². The number of benzene rings is 1. The van der Waals surface area contributed by atoms with Crippen molar-refractivity contribution in [1.29, 1.82) is 0 Å². The fourth-order valence-corrected chi connectivity index (χ4v) is 3.74. The Morgan fingerprint density at radius 3 is 2.93 bits per heavy atom. The fraction of sp³-hybridized carbons (Fsp3) is 0.417. The molecule has 0 aliphatic carbocycles. The van der Waals surface area contributed by atoms with Crippen molar-refractivity contribution >= 4 is 17.7 Å². The van der Waals surface area contributed by atoms with Crippen LogP contribution in [0.5, 0.6) is 0 Å². The van der Waals surface area contributed by atoms with E-state index < -0.39 is 0 Å². The first-order chi connectivity index (χ1) is 7.36. The highest BCUT2D eigenvalue weighted by atomic mass is 32.2. The zero-order chi connectivity index (χ0) is 10.3. The molecule has 1 aromatic rings. The molecule has 1 unspecified atom stereocenters. The standard InChI is InChI=1S/C12H13NOS/c14-11-10(12-13(11)6-7-15-12)8-9-4-2-1-3-5-9/h1-5,10,12H,6-8H2/t10?,12-/m0/s1. The lowest BCUT2D eigenvalue weighted by atomic mass is 9.91. The molecule has 2 fully saturated rings. The molecule has 1 amide bonds. The van der Waals surface area contributed by atoms with Gasteiger partial charge >= 0.3 is 0 Å². The van der Waals surface area contributed by atoms with Crippen molar-refractivity contribution in [3.8, 4) is 0 Å². The Morgan fingerprint density at radius 2 is 2.13 bits per heavy atom. The van der Waals surface area contributed by atoms with Gasteiger partial charge in [0.25, 0.3) is 0 Å². The van der Waals surface area contributed by atoms with Crippen LogP contribution in [-0.2, 0) is 11.2 Å². The Hall–Kier alpha value is -0.960. The first-order valence-electron chi connectivity index (χ1n) is 5.32. The third-order valence-corrected chi connectivity index (χ3v) is 4.51. The van der Waals surface area contributed by atoms with Gasteiger partial charge in [-0.3, -0.25) is 4.79 Å². The maximum absolute atomic E-state index is 11.8. The van der Waals surface area contributed by atoms with Crippen LogP contribution in [0.1, 0.15) is 5.56 Å². The molecule has 2 aliphatic rings. The van der Waals surface area contributed by atoms with Crippen LogP contribution in [0, 0.1) is 5.92 Å². The van der Waals surface area contributed by atoms with E-state index in [2.05, 4.69) is 12.1 Å². The smallest absolute Gasteiger partial charge is 0.229 e. The van der Waals surface area contributed by atoms with Crippen LogP contribution in [0.2, 0.25) is 0 Å². The van der Waals surface area contributed by atoms with Crippen molar-refractivity contribution in [3.05, 3.63) is 35.9 Å². The van der Waals surface area contributed by atoms with Gasteiger partial charge in [0.05, 0.1) is 11.3 Å². The molecule has 3 heteroatoms. The summed E-state index contributed by atoms with van der Waals surface area (Å²) in [5.41, 5.74) is 1.28. The van der Waals surface area contributed by atoms with Crippen molar-refractivity contribution in [2.75, 3.05) is 12.3 Å². The quantitative estimate of drug-likeness (QED) is 0.706. The Kier molecular flexibility index (Phi) is 2.20. The van der Waals surface area contributed by atoms with E-state index in [1.165, 1.54) is 5.56 Å². The zero-order valence-corrected chi connectivity index (χ0v) is 9.24. The molecule has 0 radical (unpaired) electrons. The first kappa shape index (κ1) is 9.28. The van der Waals surface area contributed by atoms with E-state index >= 15 is 0 Å². The molecular weight excluding hydrogens is 206 g/mol. The van der Waals surface area contributed by atoms with E-state index in [1.54, 1.807) is 0 Å². The third kappa shape index (κ3) is 1.46. The predicted octanol–water partition coefficient (Wildman–Crippen LogP) is 1.76. The highest BCUT2D eigenvalue weighted by Crippen LogP contribution is 2.41. The molecule has 0 saturated carbocycles. The van der Waals surface area contributed by atoms with Crippen LogP contribution in [0.25, 0.3) is 0 Å². The molecular formula is C12H13NOS. The number of fused-ring (bicyclic) bond motifs is 1. The fourth-order valence-electron chi connectivity index (χ4n) is 2.37. The van der Waals surface area contributed by atoms with Crippen LogP contribution in [0.3, 0.4) is 0 Å². The van der Waals surface area contributed by atoms with E-state index in [0.717, 1.165) is 18.7 Å². The summed E-state index contributed by atoms with van der Waals surface area (Å²) in [6, 6.07) is 10.3. The van der Waals surface area contributed by atoms with Gasteiger partial charge in [-0.15, -0.1) is 11.8 Å². The lowest BCUT2D eigenvalue weighted by Gasteiger charge is -2.41. The number of carbonyl (C=O) groups excluding carboxylic acids is 1. The number of nitrogens with zero attached hydrogens (tertiary/aromatic N) is 1. The lowest BCUT2D eigenvalue weighted by molar-refractivity contribution is -0.148. The zero-order valence-electron chi connectivity index (χ0n) is 8.43. The summed E-state index contributed by atoms with van der Waals surface area (Å²) in [6.07, 6.45) is 0.911. The number of amides is 1. The van der Waals surface area contributed by atoms with E-state index in [1.807, 2.05) is 34.9 Å². The van der Waals surface area contributed by atoms with Gasteiger partial charge in [0.15, 0.2) is 0 Å². The number of hydrogen-bond donors (Lipinski definition) is 0. The van der Waals surface area contributed by atoms with Crippen molar-refractivity contribution in [3.63, 3.8) is 0 Å². The minimum Gasteiger partial charge on any atom is -0.329 e. The van der Waals surface area contributed by atoms with E-state index in [0.29, 0.717) is 11.3 Å². The molecule has 78 valence electrons. The van der Waals surface area contributed by atoms with E-state index in [-0.39, 0.29) is 5.92 Å². The van der Waals surface area contributed by atoms with E-state index in [9.17, 15) is 4.79 Å². The van der Waals surface area contributed by atoms with Gasteiger partial charge in [-0.05, 0) is 12.0 Å². The van der Waals surface area contributed by atoms with Gasteiger partial charge in [-0.25, -0.2) is 0 Å². The molecule has 2 heterocycles. The molecule has 3 rings (SSSR count). The second-order valence-electron chi connectivity index (χ2n) is 4.09. The summed E-state index contributed by atoms with van der Waals surface area (Å²) < 4.78 is 0. The predicted molar refractivity (Wildman–Crippen MR) is 61.6 cm³/mol. The topological polar surface area (TPSA) is 20.3 Å². The molecule has 2 nitrogen and oxygen atoms in total. The Morgan fingerprint density at radius 1 is 1.33 bits per heavy atom. The van der Waals surface area contributed by atoms with Gasteiger partial charge in [0, 0.05) is 12.3 Å². The summed E-state index contributed by atoms with van der Waals surface area (Å²) in [5.74, 6) is 1.70. The summed E-state index contributed by atoms with van der Waals surface area (Å²) in [7, 11) is 0. The Balaban J connectivity index is 1.72. The third-order valence-electron chi connectivity index (χ3n) is 3.17. The van der Waals surface area contributed by atoms with Crippen LogP contribution >= 0.6 is 11.8 Å². The largest absolute Gasteiger partial charge is 0.329 e. The number of thioether (sulfide) groups is 1. The average Bonchev–Trinajstić information content (AvgIpc) is 2.72. The molecule has 2 atom stereocenters. The van der Waals surface area contributed by atoms with Gasteiger partial charge in [0.2, 0.25) is 5.91 Å². The molecule has 1 aromatic carbocycles. The van der Waals surface area contributed by atoms with Gasteiger partial charge < -0.3 is 4.90 Å². The van der Waals surface area contributed by atoms with Crippen LogP contribution in [-0.4, -0.2) is 28.5 Å². The maximum atomic E-state index is 11.8. The number of rotatable bonds is 2. The summed E-state index contributed by atoms with van der Waals surface area (Å²) >= 11 is 1.93. The highest BCUT2D eigenvalue weighted by Gasteiger charge is 2.49. The molecule has 2 aliphatic heterocycles. The van der Waals surface area contributed by atoms with Gasteiger partial charge in [-0.2, -0.15) is 0 Å². The molecule has 0 N–H and O–H groups in total. The number of β-lactam (4-membered cyclic amide) rings is 1. The summed E-state index contributed by atoms with van der Waals surface area (Å²) in [6.45, 7) is 0.958. The minimum absolute atomic E-state index is 0.236. The molecule has 2 saturated heterocycles. The average molecular weight is 219 g/mol. The molecule has 0 aromatic heterocycles. The number of carbonyl (C=O) groups is 1. The minimum atomic E-state index is 0.236. The SMILES string of the molecule is O=C1C(Cc2ccccc2)[C@@H]2SCCN12. The van der Waals surface area contributed by atoms with Crippen molar-refractivity contribution in [2.24, 2.45) is 5.92 Å². The van der Waals surface area contributed by atoms with Crippen LogP contribution < -0.4 is 0 Å². The summed E-state index contributed by atoms with van der Waals surface area (Å²) in [4.78, 5) is 13.8. The second kappa shape index (κ2) is 3.56. The van der Waals surface area contributed by atoms with Gasteiger partial charge in [-0.1, -0.05) is 30.3 Å². The maximum Gasteiger partial charge on any atom is 0.229 e. The normalized spacial score (nSPS) is 28.8. The summed E-state index contributed by atoms with van der Waals surface area (Å²) in [5, 5.41) is 0.470. The Labute approximate surface area is 93.7 Å². The van der Waals surface area contributed by atoms with Gasteiger partial charge in [0.1, 0.15) is 0 Å². The van der Waals surface area contributed by atoms with E-state index in [4.69, 9.17) is 0 Å². The Bertz CT molecular complexity index is 378. The second-order valence-corrected chi connectivity index (χ2v) is 5.31. The van der Waals surface area contributed by atoms with Crippen LogP contribution in [0.15, 0.2) is 30.3 Å². The molecule has 0 bridgehead atoms. The number of hydrogen-bond acceptors (Lipinski definition) is 2. The monoisotopic (exact) mass is 219 g/mol. The highest BCUT2D eigenvalue weighted by molar-refractivity contribution is 8.00. The lowest BCUT2D eigenvalue weighted by Crippen LogP contribution is -2.57. The first-order valence-corrected chi connectivity index (χ1v) is 6.37. The molecule has 15 heavy (non-hydrogen) atoms. The molecule has 0 spiro atoms. The van der Waals surface area contributed by atoms with Crippen molar-refractivity contribution in [2.45, 2.75) is 11.8 Å². The van der Waals surface area contributed by atoms with Crippen LogP contribution in [0.4, 0.5) is 0 Å². The van der Waals surface area contributed by atoms with Crippen molar-refractivity contribution in [1.82, 2.24) is 4.90 Å².